The van der Waals surface area contributed by atoms with Crippen LogP contribution in [0.25, 0.3) is 11.0 Å². The molecule has 0 aliphatic carbocycles. The van der Waals surface area contributed by atoms with Crippen LogP contribution in [0.15, 0.2) is 24.5 Å². The largest absolute Gasteiger partial charge is 0.346 e. The Kier molecular flexibility index (Phi) is 4.54. The molecule has 0 aliphatic heterocycles. The molecule has 8 heteroatoms. The summed E-state index contributed by atoms with van der Waals surface area (Å²) in [6.45, 7) is 6.61. The number of imidazole rings is 1. The van der Waals surface area contributed by atoms with Crippen LogP contribution in [0.5, 0.6) is 0 Å². The van der Waals surface area contributed by atoms with Gasteiger partial charge in [-0.1, -0.05) is 19.9 Å². The molecule has 1 unspecified atom stereocenters. The van der Waals surface area contributed by atoms with Crippen LogP contribution in [-0.4, -0.2) is 36.1 Å². The molecule has 126 valence electrons. The SMILES string of the molecule is Cc1ccc2nc(C(NC(=O)CCn3cnnn3)C(C)C)[nH]c2c1. The first-order valence-corrected chi connectivity index (χ1v) is 7.99. The Morgan fingerprint density at radius 1 is 1.38 bits per heavy atom. The Morgan fingerprint density at radius 3 is 2.92 bits per heavy atom. The first-order chi connectivity index (χ1) is 11.5. The molecule has 0 fully saturated rings. The molecule has 1 atom stereocenters. The zero-order valence-corrected chi connectivity index (χ0v) is 14.0. The highest BCUT2D eigenvalue weighted by atomic mass is 16.1. The summed E-state index contributed by atoms with van der Waals surface area (Å²) in [6, 6.07) is 5.91. The Labute approximate surface area is 139 Å². The van der Waals surface area contributed by atoms with Gasteiger partial charge in [-0.15, -0.1) is 5.10 Å². The van der Waals surface area contributed by atoms with Crippen LogP contribution < -0.4 is 5.32 Å². The smallest absolute Gasteiger partial charge is 0.222 e. The molecule has 0 aliphatic rings. The summed E-state index contributed by atoms with van der Waals surface area (Å²) in [5.41, 5.74) is 3.06. The summed E-state index contributed by atoms with van der Waals surface area (Å²) in [7, 11) is 0. The van der Waals surface area contributed by atoms with Crippen molar-refractivity contribution in [3.63, 3.8) is 0 Å². The molecule has 8 nitrogen and oxygen atoms in total. The molecular weight excluding hydrogens is 306 g/mol. The summed E-state index contributed by atoms with van der Waals surface area (Å²) in [5, 5.41) is 13.9. The number of hydrogen-bond acceptors (Lipinski definition) is 5. The van der Waals surface area contributed by atoms with Crippen molar-refractivity contribution in [2.75, 3.05) is 0 Å². The molecule has 2 N–H and O–H groups in total. The van der Waals surface area contributed by atoms with Gasteiger partial charge in [0.1, 0.15) is 12.2 Å². The number of hydrogen-bond donors (Lipinski definition) is 2. The maximum Gasteiger partial charge on any atom is 0.222 e. The van der Waals surface area contributed by atoms with Crippen LogP contribution in [0.2, 0.25) is 0 Å². The van der Waals surface area contributed by atoms with E-state index < -0.39 is 0 Å². The van der Waals surface area contributed by atoms with Gasteiger partial charge in [0.15, 0.2) is 0 Å². The Hall–Kier alpha value is -2.77. The van der Waals surface area contributed by atoms with Crippen molar-refractivity contribution >= 4 is 16.9 Å². The van der Waals surface area contributed by atoms with Gasteiger partial charge in [0, 0.05) is 6.42 Å². The fourth-order valence-electron chi connectivity index (χ4n) is 2.59. The van der Waals surface area contributed by atoms with E-state index in [2.05, 4.69) is 50.7 Å². The van der Waals surface area contributed by atoms with E-state index in [1.807, 2.05) is 19.1 Å². The molecular formula is C16H21N7O. The van der Waals surface area contributed by atoms with Crippen LogP contribution in [0.4, 0.5) is 0 Å². The molecule has 3 aromatic rings. The van der Waals surface area contributed by atoms with Gasteiger partial charge in [0.25, 0.3) is 0 Å². The first kappa shape index (κ1) is 16.1. The van der Waals surface area contributed by atoms with E-state index in [4.69, 9.17) is 0 Å². The standard InChI is InChI=1S/C16H21N7O/c1-10(2)15(20-14(24)6-7-23-9-17-21-22-23)16-18-12-5-4-11(3)8-13(12)19-16/h4-5,8-10,15H,6-7H2,1-3H3,(H,18,19)(H,20,24). The lowest BCUT2D eigenvalue weighted by molar-refractivity contribution is -0.122. The number of carbonyl (C=O) groups excluding carboxylic acids is 1. The molecule has 1 amide bonds. The van der Waals surface area contributed by atoms with Gasteiger partial charge in [0.05, 0.1) is 23.6 Å². The van der Waals surface area contributed by atoms with Crippen LogP contribution in [0.3, 0.4) is 0 Å². The molecule has 3 rings (SSSR count). The van der Waals surface area contributed by atoms with Crippen LogP contribution in [0.1, 0.15) is 37.7 Å². The van der Waals surface area contributed by atoms with E-state index in [0.29, 0.717) is 13.0 Å². The highest BCUT2D eigenvalue weighted by Crippen LogP contribution is 2.23. The lowest BCUT2D eigenvalue weighted by Crippen LogP contribution is -2.33. The fraction of sp³-hybridized carbons (Fsp3) is 0.438. The minimum absolute atomic E-state index is 0.0548. The zero-order chi connectivity index (χ0) is 17.1. The Balaban J connectivity index is 1.72. The van der Waals surface area contributed by atoms with Crippen LogP contribution in [-0.2, 0) is 11.3 Å². The van der Waals surface area contributed by atoms with Crippen molar-refractivity contribution in [1.82, 2.24) is 35.5 Å². The van der Waals surface area contributed by atoms with Crippen molar-refractivity contribution in [2.45, 2.75) is 39.8 Å². The average molecular weight is 327 g/mol. The number of aryl methyl sites for hydroxylation is 2. The maximum atomic E-state index is 12.3. The van der Waals surface area contributed by atoms with E-state index in [0.717, 1.165) is 16.9 Å². The monoisotopic (exact) mass is 327 g/mol. The Morgan fingerprint density at radius 2 is 2.21 bits per heavy atom. The molecule has 2 heterocycles. The van der Waals surface area contributed by atoms with E-state index in [1.54, 1.807) is 0 Å². The average Bonchev–Trinajstić information content (AvgIpc) is 3.18. The molecule has 24 heavy (non-hydrogen) atoms. The quantitative estimate of drug-likeness (QED) is 0.718. The molecule has 0 bridgehead atoms. The van der Waals surface area contributed by atoms with Gasteiger partial charge in [-0.2, -0.15) is 0 Å². The Bertz CT molecular complexity index is 822. The fourth-order valence-corrected chi connectivity index (χ4v) is 2.59. The van der Waals surface area contributed by atoms with Crippen molar-refractivity contribution in [3.8, 4) is 0 Å². The van der Waals surface area contributed by atoms with Crippen molar-refractivity contribution in [1.29, 1.82) is 0 Å². The van der Waals surface area contributed by atoms with Gasteiger partial charge in [-0.3, -0.25) is 4.79 Å². The van der Waals surface area contributed by atoms with Gasteiger partial charge in [-0.05, 0) is 41.0 Å². The number of benzene rings is 1. The van der Waals surface area contributed by atoms with Crippen molar-refractivity contribution in [2.24, 2.45) is 5.92 Å². The number of carbonyl (C=O) groups is 1. The number of nitrogens with one attached hydrogen (secondary N) is 2. The van der Waals surface area contributed by atoms with Gasteiger partial charge in [0.2, 0.25) is 5.91 Å². The molecule has 0 radical (unpaired) electrons. The molecule has 0 saturated heterocycles. The highest BCUT2D eigenvalue weighted by Gasteiger charge is 2.21. The summed E-state index contributed by atoms with van der Waals surface area (Å²) in [6.07, 6.45) is 1.81. The van der Waals surface area contributed by atoms with Gasteiger partial charge in [-0.25, -0.2) is 9.67 Å². The summed E-state index contributed by atoms with van der Waals surface area (Å²) in [5.74, 6) is 0.936. The van der Waals surface area contributed by atoms with Crippen LogP contribution in [0, 0.1) is 12.8 Å². The number of fused-ring (bicyclic) bond motifs is 1. The lowest BCUT2D eigenvalue weighted by atomic mass is 10.0. The lowest BCUT2D eigenvalue weighted by Gasteiger charge is -2.20. The number of aromatic nitrogens is 6. The second-order valence-corrected chi connectivity index (χ2v) is 6.25. The number of tetrazole rings is 1. The predicted octanol–water partition coefficient (Wildman–Crippen LogP) is 1.76. The third kappa shape index (κ3) is 3.58. The number of amides is 1. The molecule has 1 aromatic carbocycles. The molecule has 0 saturated carbocycles. The second kappa shape index (κ2) is 6.77. The highest BCUT2D eigenvalue weighted by molar-refractivity contribution is 5.78. The summed E-state index contributed by atoms with van der Waals surface area (Å²) >= 11 is 0. The van der Waals surface area contributed by atoms with E-state index >= 15 is 0 Å². The normalized spacial score (nSPS) is 12.7. The number of H-pyrrole nitrogens is 1. The van der Waals surface area contributed by atoms with E-state index in [-0.39, 0.29) is 17.9 Å². The summed E-state index contributed by atoms with van der Waals surface area (Å²) < 4.78 is 1.54. The zero-order valence-electron chi connectivity index (χ0n) is 14.0. The van der Waals surface area contributed by atoms with E-state index in [1.165, 1.54) is 16.6 Å². The molecule has 2 aromatic heterocycles. The van der Waals surface area contributed by atoms with Gasteiger partial charge < -0.3 is 10.3 Å². The van der Waals surface area contributed by atoms with Crippen molar-refractivity contribution in [3.05, 3.63) is 35.9 Å². The van der Waals surface area contributed by atoms with Gasteiger partial charge >= 0.3 is 0 Å². The minimum atomic E-state index is -0.168. The predicted molar refractivity (Wildman–Crippen MR) is 89.0 cm³/mol. The first-order valence-electron chi connectivity index (χ1n) is 7.99. The minimum Gasteiger partial charge on any atom is -0.346 e. The van der Waals surface area contributed by atoms with Crippen LogP contribution >= 0.6 is 0 Å². The maximum absolute atomic E-state index is 12.3. The summed E-state index contributed by atoms with van der Waals surface area (Å²) in [4.78, 5) is 20.2. The molecule has 0 spiro atoms. The number of rotatable bonds is 6. The van der Waals surface area contributed by atoms with E-state index in [9.17, 15) is 4.79 Å². The second-order valence-electron chi connectivity index (χ2n) is 6.25. The number of aromatic amines is 1. The third-order valence-electron chi connectivity index (χ3n) is 3.89. The third-order valence-corrected chi connectivity index (χ3v) is 3.89. The van der Waals surface area contributed by atoms with Crippen molar-refractivity contribution < 1.29 is 4.79 Å². The topological polar surface area (TPSA) is 101 Å². The number of nitrogens with zero attached hydrogens (tertiary/aromatic N) is 5.